The van der Waals surface area contributed by atoms with E-state index in [-0.39, 0.29) is 11.7 Å². The second-order valence-corrected chi connectivity index (χ2v) is 9.49. The van der Waals surface area contributed by atoms with E-state index in [4.69, 9.17) is 16.6 Å². The van der Waals surface area contributed by atoms with Crippen molar-refractivity contribution in [2.45, 2.75) is 25.3 Å². The first-order valence-corrected chi connectivity index (χ1v) is 12.4. The SMILES string of the molecule is CN1C(=O)C(Cc2ccccc2CCc2ccccc2)N=C(c2ccc(O)cc2)c2cc(Cl)ccc21. The van der Waals surface area contributed by atoms with Crippen LogP contribution in [0.2, 0.25) is 5.02 Å². The number of carbonyl (C=O) groups is 1. The van der Waals surface area contributed by atoms with Crippen molar-refractivity contribution < 1.29 is 9.90 Å². The van der Waals surface area contributed by atoms with Crippen LogP contribution in [0, 0.1) is 0 Å². The summed E-state index contributed by atoms with van der Waals surface area (Å²) < 4.78 is 0. The van der Waals surface area contributed by atoms with Crippen molar-refractivity contribution in [1.82, 2.24) is 0 Å². The molecule has 1 N–H and O–H groups in total. The normalized spacial score (nSPS) is 15.3. The molecule has 0 aliphatic carbocycles. The van der Waals surface area contributed by atoms with Gasteiger partial charge >= 0.3 is 0 Å². The van der Waals surface area contributed by atoms with Gasteiger partial charge in [-0.25, -0.2) is 0 Å². The number of hydrogen-bond donors (Lipinski definition) is 1. The smallest absolute Gasteiger partial charge is 0.251 e. The summed E-state index contributed by atoms with van der Waals surface area (Å²) in [5.41, 5.74) is 6.71. The zero-order chi connectivity index (χ0) is 25.1. The summed E-state index contributed by atoms with van der Waals surface area (Å²) in [6.07, 6.45) is 2.32. The molecule has 0 fully saturated rings. The molecule has 4 nitrogen and oxygen atoms in total. The summed E-state index contributed by atoms with van der Waals surface area (Å²) in [7, 11) is 1.79. The van der Waals surface area contributed by atoms with Crippen LogP contribution in [0.15, 0.2) is 102 Å². The molecule has 0 bridgehead atoms. The lowest BCUT2D eigenvalue weighted by Gasteiger charge is -2.21. The van der Waals surface area contributed by atoms with Crippen LogP contribution in [0.5, 0.6) is 5.75 Å². The number of phenolic OH excluding ortho intramolecular Hbond substituents is 1. The molecule has 4 aromatic rings. The molecule has 0 spiro atoms. The number of amides is 1. The molecule has 0 radical (unpaired) electrons. The number of carbonyl (C=O) groups excluding carboxylic acids is 1. The highest BCUT2D eigenvalue weighted by molar-refractivity contribution is 6.32. The molecule has 5 rings (SSSR count). The minimum Gasteiger partial charge on any atom is -0.508 e. The van der Waals surface area contributed by atoms with Crippen LogP contribution in [0.4, 0.5) is 5.69 Å². The lowest BCUT2D eigenvalue weighted by molar-refractivity contribution is -0.119. The molecule has 1 heterocycles. The van der Waals surface area contributed by atoms with E-state index in [1.54, 1.807) is 30.1 Å². The predicted molar refractivity (Wildman–Crippen MR) is 146 cm³/mol. The van der Waals surface area contributed by atoms with Crippen molar-refractivity contribution in [3.05, 3.63) is 130 Å². The molecule has 1 aliphatic rings. The fourth-order valence-corrected chi connectivity index (χ4v) is 4.90. The zero-order valence-electron chi connectivity index (χ0n) is 20.1. The van der Waals surface area contributed by atoms with Gasteiger partial charge in [-0.15, -0.1) is 0 Å². The van der Waals surface area contributed by atoms with E-state index in [0.29, 0.717) is 17.2 Å². The molecule has 1 atom stereocenters. The molecule has 0 saturated carbocycles. The van der Waals surface area contributed by atoms with Crippen molar-refractivity contribution in [3.8, 4) is 5.75 Å². The molecule has 36 heavy (non-hydrogen) atoms. The van der Waals surface area contributed by atoms with Crippen molar-refractivity contribution >= 4 is 28.9 Å². The number of aryl methyl sites for hydroxylation is 2. The number of rotatable bonds is 6. The van der Waals surface area contributed by atoms with E-state index in [1.807, 2.05) is 42.5 Å². The highest BCUT2D eigenvalue weighted by Gasteiger charge is 2.30. The van der Waals surface area contributed by atoms with Gasteiger partial charge in [0, 0.05) is 29.6 Å². The van der Waals surface area contributed by atoms with Gasteiger partial charge in [0.05, 0.1) is 11.4 Å². The summed E-state index contributed by atoms with van der Waals surface area (Å²) in [4.78, 5) is 20.4. The number of aliphatic imine (C=N–C) groups is 1. The van der Waals surface area contributed by atoms with Gasteiger partial charge in [-0.2, -0.15) is 0 Å². The Morgan fingerprint density at radius 3 is 2.31 bits per heavy atom. The highest BCUT2D eigenvalue weighted by atomic mass is 35.5. The van der Waals surface area contributed by atoms with E-state index >= 15 is 0 Å². The van der Waals surface area contributed by atoms with Crippen molar-refractivity contribution in [3.63, 3.8) is 0 Å². The molecule has 1 amide bonds. The average Bonchev–Trinajstić information content (AvgIpc) is 2.99. The van der Waals surface area contributed by atoms with Crippen molar-refractivity contribution in [2.24, 2.45) is 4.99 Å². The van der Waals surface area contributed by atoms with Crippen LogP contribution in [-0.4, -0.2) is 29.8 Å². The van der Waals surface area contributed by atoms with E-state index < -0.39 is 6.04 Å². The molecule has 1 unspecified atom stereocenters. The summed E-state index contributed by atoms with van der Waals surface area (Å²) in [5.74, 6) is 0.113. The molecular formula is C31H27ClN2O2. The van der Waals surface area contributed by atoms with Gasteiger partial charge in [-0.3, -0.25) is 9.79 Å². The molecule has 180 valence electrons. The van der Waals surface area contributed by atoms with Gasteiger partial charge in [0.2, 0.25) is 0 Å². The number of hydrogen-bond acceptors (Lipinski definition) is 3. The second-order valence-electron chi connectivity index (χ2n) is 9.06. The highest BCUT2D eigenvalue weighted by Crippen LogP contribution is 2.31. The largest absolute Gasteiger partial charge is 0.508 e. The molecule has 0 saturated heterocycles. The molecule has 5 heteroatoms. The summed E-state index contributed by atoms with van der Waals surface area (Å²) in [5, 5.41) is 10.4. The molecular weight excluding hydrogens is 468 g/mol. The van der Waals surface area contributed by atoms with Crippen molar-refractivity contribution in [2.75, 3.05) is 11.9 Å². The Morgan fingerprint density at radius 2 is 1.56 bits per heavy atom. The van der Waals surface area contributed by atoms with E-state index in [2.05, 4.69) is 36.4 Å². The Morgan fingerprint density at radius 1 is 0.861 bits per heavy atom. The number of benzene rings is 4. The van der Waals surface area contributed by atoms with Crippen LogP contribution >= 0.6 is 11.6 Å². The van der Waals surface area contributed by atoms with Gasteiger partial charge < -0.3 is 10.0 Å². The summed E-state index contributed by atoms with van der Waals surface area (Å²) in [6.45, 7) is 0. The Kier molecular flexibility index (Phi) is 6.88. The maximum Gasteiger partial charge on any atom is 0.251 e. The first-order chi connectivity index (χ1) is 17.5. The number of benzodiazepines with no additional fused rings is 1. The number of nitrogens with zero attached hydrogens (tertiary/aromatic N) is 2. The quantitative estimate of drug-likeness (QED) is 0.344. The topological polar surface area (TPSA) is 52.9 Å². The molecule has 0 aromatic heterocycles. The number of anilines is 1. The first kappa shape index (κ1) is 23.8. The lowest BCUT2D eigenvalue weighted by Crippen LogP contribution is -2.36. The number of phenols is 1. The number of aromatic hydroxyl groups is 1. The second kappa shape index (κ2) is 10.4. The third-order valence-electron chi connectivity index (χ3n) is 6.67. The fourth-order valence-electron chi connectivity index (χ4n) is 4.73. The van der Waals surface area contributed by atoms with Crippen LogP contribution in [-0.2, 0) is 24.1 Å². The average molecular weight is 495 g/mol. The van der Waals surface area contributed by atoms with Gasteiger partial charge in [0.1, 0.15) is 11.8 Å². The van der Waals surface area contributed by atoms with Gasteiger partial charge in [0.25, 0.3) is 5.91 Å². The van der Waals surface area contributed by atoms with Crippen LogP contribution in [0.25, 0.3) is 0 Å². The first-order valence-electron chi connectivity index (χ1n) is 12.0. The lowest BCUT2D eigenvalue weighted by atomic mass is 9.95. The maximum atomic E-state index is 13.7. The third-order valence-corrected chi connectivity index (χ3v) is 6.91. The molecule has 4 aromatic carbocycles. The Labute approximate surface area is 216 Å². The third kappa shape index (κ3) is 5.05. The monoisotopic (exact) mass is 494 g/mol. The zero-order valence-corrected chi connectivity index (χ0v) is 20.8. The van der Waals surface area contributed by atoms with Crippen LogP contribution in [0.3, 0.4) is 0 Å². The number of likely N-dealkylation sites (N-methyl/N-ethyl adjacent to an activating group) is 1. The van der Waals surface area contributed by atoms with Crippen molar-refractivity contribution in [1.29, 1.82) is 0 Å². The maximum absolute atomic E-state index is 13.7. The minimum atomic E-state index is -0.595. The molecule has 1 aliphatic heterocycles. The van der Waals surface area contributed by atoms with Crippen LogP contribution in [0.1, 0.15) is 27.8 Å². The van der Waals surface area contributed by atoms with Gasteiger partial charge in [-0.05, 0) is 72.0 Å². The number of halogens is 1. The Bertz CT molecular complexity index is 1410. The summed E-state index contributed by atoms with van der Waals surface area (Å²) in [6, 6.07) is 30.5. The van der Waals surface area contributed by atoms with E-state index in [9.17, 15) is 9.90 Å². The predicted octanol–water partition coefficient (Wildman–Crippen LogP) is 6.26. The Balaban J connectivity index is 1.53. The number of fused-ring (bicyclic) bond motifs is 1. The fraction of sp³-hybridized carbons (Fsp3) is 0.161. The summed E-state index contributed by atoms with van der Waals surface area (Å²) >= 11 is 6.37. The van der Waals surface area contributed by atoms with Crippen LogP contribution < -0.4 is 4.90 Å². The standard InChI is InChI=1S/C31H27ClN2O2/c1-34-29-18-15-25(32)20-27(29)30(23-13-16-26(35)17-14-23)33-28(31(34)36)19-24-10-6-5-9-22(24)12-11-21-7-3-2-4-8-21/h2-10,13-18,20,28,35H,11-12,19H2,1H3. The van der Waals surface area contributed by atoms with E-state index in [0.717, 1.165) is 35.2 Å². The van der Waals surface area contributed by atoms with Gasteiger partial charge in [-0.1, -0.05) is 66.2 Å². The van der Waals surface area contributed by atoms with E-state index in [1.165, 1.54) is 11.1 Å². The minimum absolute atomic E-state index is 0.0646. The Hall–Kier alpha value is -3.89. The van der Waals surface area contributed by atoms with Gasteiger partial charge in [0.15, 0.2) is 0 Å².